The number of aliphatic hydroxyl groups is 4. The number of hydrogen-bond acceptors (Lipinski definition) is 4. The van der Waals surface area contributed by atoms with Gasteiger partial charge in [-0.05, 0) is 0 Å². The van der Waals surface area contributed by atoms with Gasteiger partial charge in [0, 0.05) is 0 Å². The first kappa shape index (κ1) is 14.7. The molecule has 0 radical (unpaired) electrons. The summed E-state index contributed by atoms with van der Waals surface area (Å²) in [5.74, 6) is 0. The van der Waals surface area contributed by atoms with Gasteiger partial charge in [-0.15, -0.1) is 34.8 Å². The molecule has 5 unspecified atom stereocenters. The molecule has 0 aromatic carbocycles. The maximum atomic E-state index is 9.46. The van der Waals surface area contributed by atoms with Crippen molar-refractivity contribution < 1.29 is 20.4 Å². The molecule has 0 heterocycles. The summed E-state index contributed by atoms with van der Waals surface area (Å²) in [4.78, 5) is 0. The Morgan fingerprint density at radius 3 is 1.71 bits per heavy atom. The summed E-state index contributed by atoms with van der Waals surface area (Å²) in [5.41, 5.74) is 0. The second-order valence-electron chi connectivity index (χ2n) is 2.83. The average molecular weight is 268 g/mol. The van der Waals surface area contributed by atoms with Gasteiger partial charge in [0.15, 0.2) is 0 Å². The van der Waals surface area contributed by atoms with Gasteiger partial charge >= 0.3 is 0 Å². The molecule has 0 aromatic rings. The molecule has 14 heavy (non-hydrogen) atoms. The number of halogens is 3. The van der Waals surface area contributed by atoms with E-state index in [-0.39, 0.29) is 0 Å². The summed E-state index contributed by atoms with van der Waals surface area (Å²) >= 11 is 16.8. The van der Waals surface area contributed by atoms with Crippen molar-refractivity contribution in [1.29, 1.82) is 0 Å². The smallest absolute Gasteiger partial charge is 0.0959 e. The molecular weight excluding hydrogens is 254 g/mol. The molecule has 0 fully saturated rings. The average Bonchev–Trinajstić information content (AvgIpc) is 2.23. The fourth-order valence-corrected chi connectivity index (χ4v) is 1.51. The lowest BCUT2D eigenvalue weighted by Crippen LogP contribution is -2.44. The van der Waals surface area contributed by atoms with Crippen LogP contribution >= 0.6 is 34.8 Å². The Bertz CT molecular complexity index is 144. The Labute approximate surface area is 97.0 Å². The van der Waals surface area contributed by atoms with Gasteiger partial charge in [0.2, 0.25) is 0 Å². The van der Waals surface area contributed by atoms with Crippen LogP contribution in [0.4, 0.5) is 0 Å². The molecule has 0 spiro atoms. The molecule has 4 N–H and O–H groups in total. The largest absolute Gasteiger partial charge is 0.395 e. The Balaban J connectivity index is 4.22. The van der Waals surface area contributed by atoms with Crippen molar-refractivity contribution in [1.82, 2.24) is 0 Å². The van der Waals surface area contributed by atoms with Crippen molar-refractivity contribution in [2.24, 2.45) is 0 Å². The summed E-state index contributed by atoms with van der Waals surface area (Å²) in [7, 11) is 0. The van der Waals surface area contributed by atoms with E-state index in [4.69, 9.17) is 50.1 Å². The molecule has 0 saturated carbocycles. The summed E-state index contributed by atoms with van der Waals surface area (Å²) in [5, 5.41) is 32.8. The molecule has 0 saturated heterocycles. The zero-order valence-electron chi connectivity index (χ0n) is 7.22. The lowest BCUT2D eigenvalue weighted by Gasteiger charge is -2.26. The van der Waals surface area contributed by atoms with Gasteiger partial charge in [-0.1, -0.05) is 0 Å². The first-order chi connectivity index (χ1) is 6.45. The van der Waals surface area contributed by atoms with Crippen molar-refractivity contribution >= 4 is 34.8 Å². The first-order valence-electron chi connectivity index (χ1n) is 3.95. The SMILES string of the molecule is OCC(O)C(Cl)C(O)C(Cl)C(Cl)CO. The number of hydrogen-bond donors (Lipinski definition) is 4. The highest BCUT2D eigenvalue weighted by atomic mass is 35.5. The predicted molar refractivity (Wildman–Crippen MR) is 55.1 cm³/mol. The quantitative estimate of drug-likeness (QED) is 0.490. The van der Waals surface area contributed by atoms with E-state index in [9.17, 15) is 5.11 Å². The van der Waals surface area contributed by atoms with E-state index in [1.807, 2.05) is 0 Å². The van der Waals surface area contributed by atoms with Gasteiger partial charge in [0.25, 0.3) is 0 Å². The van der Waals surface area contributed by atoms with Crippen LogP contribution in [-0.2, 0) is 0 Å². The van der Waals surface area contributed by atoms with E-state index in [0.29, 0.717) is 0 Å². The lowest BCUT2D eigenvalue weighted by atomic mass is 10.1. The van der Waals surface area contributed by atoms with Crippen molar-refractivity contribution in [3.63, 3.8) is 0 Å². The third-order valence-electron chi connectivity index (χ3n) is 1.73. The van der Waals surface area contributed by atoms with Crippen LogP contribution in [0.15, 0.2) is 0 Å². The maximum absolute atomic E-state index is 9.46. The molecular formula is C7H13Cl3O4. The van der Waals surface area contributed by atoms with E-state index in [1.165, 1.54) is 0 Å². The molecule has 7 heteroatoms. The van der Waals surface area contributed by atoms with E-state index in [1.54, 1.807) is 0 Å². The molecule has 0 aliphatic carbocycles. The van der Waals surface area contributed by atoms with Crippen LogP contribution in [0.1, 0.15) is 0 Å². The van der Waals surface area contributed by atoms with Crippen LogP contribution in [0.5, 0.6) is 0 Å². The van der Waals surface area contributed by atoms with Crippen LogP contribution in [-0.4, -0.2) is 62.0 Å². The normalized spacial score (nSPS) is 22.5. The molecule has 4 nitrogen and oxygen atoms in total. The second-order valence-corrected chi connectivity index (χ2v) is 4.40. The highest BCUT2D eigenvalue weighted by Crippen LogP contribution is 2.21. The Hall–Kier alpha value is 0.710. The van der Waals surface area contributed by atoms with E-state index in [2.05, 4.69) is 0 Å². The Morgan fingerprint density at radius 1 is 0.857 bits per heavy atom. The molecule has 0 aliphatic heterocycles. The Kier molecular flexibility index (Phi) is 7.42. The monoisotopic (exact) mass is 266 g/mol. The van der Waals surface area contributed by atoms with Crippen molar-refractivity contribution in [3.05, 3.63) is 0 Å². The van der Waals surface area contributed by atoms with Crippen LogP contribution in [0.25, 0.3) is 0 Å². The van der Waals surface area contributed by atoms with E-state index < -0.39 is 41.6 Å². The van der Waals surface area contributed by atoms with Crippen LogP contribution < -0.4 is 0 Å². The first-order valence-corrected chi connectivity index (χ1v) is 5.26. The molecule has 0 bridgehead atoms. The van der Waals surface area contributed by atoms with Crippen LogP contribution in [0.3, 0.4) is 0 Å². The summed E-state index contributed by atoms with van der Waals surface area (Å²) in [6.07, 6.45) is -2.59. The van der Waals surface area contributed by atoms with Crippen molar-refractivity contribution in [2.45, 2.75) is 28.3 Å². The number of rotatable bonds is 6. The minimum atomic E-state index is -1.31. The van der Waals surface area contributed by atoms with Crippen LogP contribution in [0, 0.1) is 0 Å². The molecule has 5 atom stereocenters. The predicted octanol–water partition coefficient (Wildman–Crippen LogP) is -0.485. The fourth-order valence-electron chi connectivity index (χ4n) is 0.819. The van der Waals surface area contributed by atoms with Crippen molar-refractivity contribution in [3.8, 4) is 0 Å². The topological polar surface area (TPSA) is 80.9 Å². The molecule has 0 aliphatic rings. The minimum absolute atomic E-state index is 0.411. The zero-order valence-corrected chi connectivity index (χ0v) is 9.49. The Morgan fingerprint density at radius 2 is 1.36 bits per heavy atom. The van der Waals surface area contributed by atoms with Gasteiger partial charge in [-0.2, -0.15) is 0 Å². The fraction of sp³-hybridized carbons (Fsp3) is 1.00. The van der Waals surface area contributed by atoms with Gasteiger partial charge in [-0.25, -0.2) is 0 Å². The van der Waals surface area contributed by atoms with Gasteiger partial charge < -0.3 is 20.4 Å². The molecule has 0 aromatic heterocycles. The molecule has 0 amide bonds. The van der Waals surface area contributed by atoms with Crippen molar-refractivity contribution in [2.75, 3.05) is 13.2 Å². The molecule has 0 rings (SSSR count). The second kappa shape index (κ2) is 7.06. The number of alkyl halides is 3. The standard InChI is InChI=1S/C7H13Cl3O4/c8-3(1-11)5(9)7(14)6(10)4(13)2-12/h3-7,11-14H,1-2H2. The maximum Gasteiger partial charge on any atom is 0.0959 e. The van der Waals surface area contributed by atoms with Gasteiger partial charge in [0.05, 0.1) is 41.6 Å². The zero-order chi connectivity index (χ0) is 11.3. The molecule has 86 valence electrons. The van der Waals surface area contributed by atoms with Crippen LogP contribution in [0.2, 0.25) is 0 Å². The van der Waals surface area contributed by atoms with Gasteiger partial charge in [0.1, 0.15) is 0 Å². The summed E-state index contributed by atoms with van der Waals surface area (Å²) in [6, 6.07) is 0. The summed E-state index contributed by atoms with van der Waals surface area (Å²) in [6.45, 7) is -0.994. The lowest BCUT2D eigenvalue weighted by molar-refractivity contribution is 0.0430. The third-order valence-corrected chi connectivity index (χ3v) is 3.38. The van der Waals surface area contributed by atoms with Gasteiger partial charge in [-0.3, -0.25) is 0 Å². The minimum Gasteiger partial charge on any atom is -0.395 e. The van der Waals surface area contributed by atoms with E-state index in [0.717, 1.165) is 0 Å². The highest BCUT2D eigenvalue weighted by Gasteiger charge is 2.33. The number of aliphatic hydroxyl groups excluding tert-OH is 4. The summed E-state index contributed by atoms with van der Waals surface area (Å²) < 4.78 is 0. The van der Waals surface area contributed by atoms with E-state index >= 15 is 0 Å². The third kappa shape index (κ3) is 4.06. The highest BCUT2D eigenvalue weighted by molar-refractivity contribution is 6.31.